The fraction of sp³-hybridized carbons (Fsp3) is 0.545. The molecular formula is C11H20O4. The fourth-order valence-corrected chi connectivity index (χ4v) is 0.548. The third-order valence-electron chi connectivity index (χ3n) is 1.33. The molecule has 0 amide bonds. The van der Waals surface area contributed by atoms with Gasteiger partial charge >= 0.3 is 5.97 Å². The summed E-state index contributed by atoms with van der Waals surface area (Å²) in [5, 5.41) is 8.17. The van der Waals surface area contributed by atoms with Crippen LogP contribution in [0.2, 0.25) is 0 Å². The first-order valence-corrected chi connectivity index (χ1v) is 4.68. The maximum Gasteiger partial charge on any atom is 0.331 e. The Bertz CT molecular complexity index is 183. The van der Waals surface area contributed by atoms with Gasteiger partial charge < -0.3 is 14.6 Å². The summed E-state index contributed by atoms with van der Waals surface area (Å²) in [6, 6.07) is 0. The monoisotopic (exact) mass is 216 g/mol. The average Bonchev–Trinajstić information content (AvgIpc) is 2.20. The van der Waals surface area contributed by atoms with Crippen molar-refractivity contribution in [2.24, 2.45) is 0 Å². The Morgan fingerprint density at radius 3 is 2.33 bits per heavy atom. The lowest BCUT2D eigenvalue weighted by Gasteiger charge is -1.96. The van der Waals surface area contributed by atoms with Crippen LogP contribution in [-0.2, 0) is 14.3 Å². The van der Waals surface area contributed by atoms with E-state index >= 15 is 0 Å². The largest absolute Gasteiger partial charge is 0.478 e. The first kappa shape index (κ1) is 16.3. The first-order chi connectivity index (χ1) is 7.09. The first-order valence-electron chi connectivity index (χ1n) is 4.68. The predicted octanol–water partition coefficient (Wildman–Crippen LogP) is 1.87. The molecule has 0 bridgehead atoms. The van der Waals surface area contributed by atoms with Gasteiger partial charge in [-0.25, -0.2) is 4.79 Å². The molecule has 0 aliphatic carbocycles. The van der Waals surface area contributed by atoms with Crippen LogP contribution in [0.25, 0.3) is 0 Å². The maximum atomic E-state index is 9.94. The standard InChI is InChI=1S/C6H8O2.C5H12O2/c1-3-4-5(2)6(7)8;1-3-7-5-4-6-2/h3H,1-2,4H2,(H,7,8);3-5H2,1-2H3. The van der Waals surface area contributed by atoms with E-state index in [2.05, 4.69) is 13.2 Å². The summed E-state index contributed by atoms with van der Waals surface area (Å²) in [5.74, 6) is -0.954. The molecule has 0 radical (unpaired) electrons. The van der Waals surface area contributed by atoms with E-state index in [0.29, 0.717) is 19.6 Å². The van der Waals surface area contributed by atoms with Crippen LogP contribution < -0.4 is 0 Å². The number of hydrogen-bond acceptors (Lipinski definition) is 3. The molecular weight excluding hydrogens is 196 g/mol. The summed E-state index contributed by atoms with van der Waals surface area (Å²) in [4.78, 5) is 9.94. The van der Waals surface area contributed by atoms with Crippen LogP contribution in [0.4, 0.5) is 0 Å². The summed E-state index contributed by atoms with van der Waals surface area (Å²) in [6.45, 7) is 10.8. The molecule has 0 fully saturated rings. The van der Waals surface area contributed by atoms with Gasteiger partial charge in [-0.3, -0.25) is 0 Å². The minimum atomic E-state index is -0.954. The smallest absolute Gasteiger partial charge is 0.331 e. The van der Waals surface area contributed by atoms with Crippen molar-refractivity contribution in [2.45, 2.75) is 13.3 Å². The molecule has 0 aromatic rings. The van der Waals surface area contributed by atoms with Gasteiger partial charge in [-0.05, 0) is 13.3 Å². The van der Waals surface area contributed by atoms with Crippen LogP contribution >= 0.6 is 0 Å². The molecule has 0 saturated heterocycles. The summed E-state index contributed by atoms with van der Waals surface area (Å²) < 4.78 is 9.67. The zero-order valence-corrected chi connectivity index (χ0v) is 9.49. The van der Waals surface area contributed by atoms with E-state index in [1.165, 1.54) is 6.08 Å². The third-order valence-corrected chi connectivity index (χ3v) is 1.33. The van der Waals surface area contributed by atoms with Gasteiger partial charge in [0.05, 0.1) is 13.2 Å². The topological polar surface area (TPSA) is 55.8 Å². The molecule has 4 heteroatoms. The van der Waals surface area contributed by atoms with Crippen molar-refractivity contribution in [1.29, 1.82) is 0 Å². The highest BCUT2D eigenvalue weighted by Gasteiger charge is 1.97. The van der Waals surface area contributed by atoms with Crippen LogP contribution in [0.3, 0.4) is 0 Å². The second-order valence-corrected chi connectivity index (χ2v) is 2.59. The van der Waals surface area contributed by atoms with Crippen molar-refractivity contribution in [3.05, 3.63) is 24.8 Å². The molecule has 88 valence electrons. The Morgan fingerprint density at radius 1 is 1.47 bits per heavy atom. The van der Waals surface area contributed by atoms with Gasteiger partial charge in [0.15, 0.2) is 0 Å². The van der Waals surface area contributed by atoms with Crippen molar-refractivity contribution < 1.29 is 19.4 Å². The van der Waals surface area contributed by atoms with Gasteiger partial charge in [0.2, 0.25) is 0 Å². The normalized spacial score (nSPS) is 8.67. The van der Waals surface area contributed by atoms with E-state index in [-0.39, 0.29) is 5.57 Å². The second-order valence-electron chi connectivity index (χ2n) is 2.59. The van der Waals surface area contributed by atoms with Gasteiger partial charge in [-0.1, -0.05) is 12.7 Å². The number of carbonyl (C=O) groups is 1. The molecule has 0 heterocycles. The van der Waals surface area contributed by atoms with Crippen LogP contribution in [0.1, 0.15) is 13.3 Å². The molecule has 0 spiro atoms. The molecule has 0 atom stereocenters. The van der Waals surface area contributed by atoms with E-state index in [1.807, 2.05) is 6.92 Å². The van der Waals surface area contributed by atoms with E-state index < -0.39 is 5.97 Å². The summed E-state index contributed by atoms with van der Waals surface area (Å²) in [5.41, 5.74) is 0.181. The minimum Gasteiger partial charge on any atom is -0.478 e. The molecule has 0 aromatic carbocycles. The van der Waals surface area contributed by atoms with Gasteiger partial charge in [-0.15, -0.1) is 6.58 Å². The fourth-order valence-electron chi connectivity index (χ4n) is 0.548. The van der Waals surface area contributed by atoms with Crippen LogP contribution in [-0.4, -0.2) is 38.0 Å². The average molecular weight is 216 g/mol. The summed E-state index contributed by atoms with van der Waals surface area (Å²) in [6.07, 6.45) is 1.87. The molecule has 0 aromatic heterocycles. The summed E-state index contributed by atoms with van der Waals surface area (Å²) in [7, 11) is 1.67. The number of methoxy groups -OCH3 is 1. The Balaban J connectivity index is 0. The van der Waals surface area contributed by atoms with Gasteiger partial charge in [0.25, 0.3) is 0 Å². The van der Waals surface area contributed by atoms with Crippen molar-refractivity contribution >= 4 is 5.97 Å². The number of hydrogen-bond donors (Lipinski definition) is 1. The molecule has 0 saturated carbocycles. The van der Waals surface area contributed by atoms with E-state index in [9.17, 15) is 4.79 Å². The number of carboxylic acid groups (broad SMARTS) is 1. The summed E-state index contributed by atoms with van der Waals surface area (Å²) >= 11 is 0. The van der Waals surface area contributed by atoms with Crippen molar-refractivity contribution in [2.75, 3.05) is 26.9 Å². The number of rotatable bonds is 7. The highest BCUT2D eigenvalue weighted by atomic mass is 16.5. The number of allylic oxidation sites excluding steroid dienone is 1. The van der Waals surface area contributed by atoms with Gasteiger partial charge in [-0.2, -0.15) is 0 Å². The Kier molecular flexibility index (Phi) is 14.0. The van der Waals surface area contributed by atoms with Crippen LogP contribution in [0.5, 0.6) is 0 Å². The number of carboxylic acids is 1. The molecule has 0 aliphatic heterocycles. The van der Waals surface area contributed by atoms with Gasteiger partial charge in [0.1, 0.15) is 0 Å². The Labute approximate surface area is 91.2 Å². The molecule has 4 nitrogen and oxygen atoms in total. The highest BCUT2D eigenvalue weighted by Crippen LogP contribution is 1.95. The van der Waals surface area contributed by atoms with Crippen molar-refractivity contribution in [3.63, 3.8) is 0 Å². The molecule has 0 aliphatic rings. The lowest BCUT2D eigenvalue weighted by atomic mass is 10.2. The van der Waals surface area contributed by atoms with Crippen LogP contribution in [0, 0.1) is 0 Å². The Hall–Kier alpha value is -1.13. The quantitative estimate of drug-likeness (QED) is 0.401. The highest BCUT2D eigenvalue weighted by molar-refractivity contribution is 5.85. The SMILES string of the molecule is C=CCC(=C)C(=O)O.CCOCCOC. The number of aliphatic carboxylic acids is 1. The van der Waals surface area contributed by atoms with E-state index in [0.717, 1.165) is 6.61 Å². The predicted molar refractivity (Wildman–Crippen MR) is 60.0 cm³/mol. The molecule has 0 rings (SSSR count). The van der Waals surface area contributed by atoms with Crippen molar-refractivity contribution in [1.82, 2.24) is 0 Å². The maximum absolute atomic E-state index is 9.94. The molecule has 0 unspecified atom stereocenters. The van der Waals surface area contributed by atoms with E-state index in [1.54, 1.807) is 7.11 Å². The zero-order valence-electron chi connectivity index (χ0n) is 9.49. The lowest BCUT2D eigenvalue weighted by molar-refractivity contribution is -0.132. The lowest BCUT2D eigenvalue weighted by Crippen LogP contribution is -2.00. The zero-order chi connectivity index (χ0) is 12.1. The Morgan fingerprint density at radius 2 is 2.07 bits per heavy atom. The van der Waals surface area contributed by atoms with E-state index in [4.69, 9.17) is 14.6 Å². The van der Waals surface area contributed by atoms with Crippen molar-refractivity contribution in [3.8, 4) is 0 Å². The molecule has 1 N–H and O–H groups in total. The third kappa shape index (κ3) is 15.6. The molecule has 15 heavy (non-hydrogen) atoms. The van der Waals surface area contributed by atoms with Gasteiger partial charge in [0, 0.05) is 19.3 Å². The minimum absolute atomic E-state index is 0.181. The second kappa shape index (κ2) is 12.9. The number of ether oxygens (including phenoxy) is 2. The van der Waals surface area contributed by atoms with Crippen LogP contribution in [0.15, 0.2) is 24.8 Å².